The Hall–Kier alpha value is -1.65. The normalized spacial score (nSPS) is 10.7. The summed E-state index contributed by atoms with van der Waals surface area (Å²) >= 11 is 6.01. The van der Waals surface area contributed by atoms with E-state index < -0.39 is 0 Å². The zero-order chi connectivity index (χ0) is 14.7. The van der Waals surface area contributed by atoms with Crippen LogP contribution in [0.5, 0.6) is 11.8 Å². The molecule has 1 aromatic carbocycles. The second-order valence-electron chi connectivity index (χ2n) is 4.76. The van der Waals surface area contributed by atoms with Crippen LogP contribution in [-0.2, 0) is 6.54 Å². The van der Waals surface area contributed by atoms with Gasteiger partial charge in [0.2, 0.25) is 0 Å². The minimum absolute atomic E-state index is 0.357. The molecule has 2 rings (SSSR count). The van der Waals surface area contributed by atoms with Crippen molar-refractivity contribution >= 4 is 11.6 Å². The highest BCUT2D eigenvalue weighted by Gasteiger charge is 2.10. The molecule has 0 aliphatic rings. The van der Waals surface area contributed by atoms with E-state index in [0.29, 0.717) is 11.0 Å². The summed E-state index contributed by atoms with van der Waals surface area (Å²) in [6.45, 7) is 6.60. The van der Waals surface area contributed by atoms with E-state index in [0.717, 1.165) is 34.7 Å². The molecule has 0 saturated carbocycles. The van der Waals surface area contributed by atoms with Crippen molar-refractivity contribution in [2.24, 2.45) is 0 Å². The molecule has 0 amide bonds. The molecular formula is C15H18ClN3O. The largest absolute Gasteiger partial charge is 0.424 e. The van der Waals surface area contributed by atoms with Crippen LogP contribution in [0, 0.1) is 20.8 Å². The third kappa shape index (κ3) is 3.26. The Morgan fingerprint density at radius 3 is 2.40 bits per heavy atom. The lowest BCUT2D eigenvalue weighted by atomic mass is 10.1. The molecule has 0 atom stereocenters. The van der Waals surface area contributed by atoms with E-state index in [2.05, 4.69) is 15.3 Å². The maximum absolute atomic E-state index is 6.01. The molecule has 106 valence electrons. The second-order valence-corrected chi connectivity index (χ2v) is 5.20. The highest BCUT2D eigenvalue weighted by atomic mass is 35.5. The first kappa shape index (κ1) is 14.8. The quantitative estimate of drug-likeness (QED) is 0.935. The molecule has 0 bridgehead atoms. The van der Waals surface area contributed by atoms with Gasteiger partial charge in [0.05, 0.1) is 0 Å². The number of benzene rings is 1. The maximum atomic E-state index is 6.01. The van der Waals surface area contributed by atoms with Gasteiger partial charge in [0.25, 0.3) is 0 Å². The molecule has 5 heteroatoms. The highest BCUT2D eigenvalue weighted by Crippen LogP contribution is 2.30. The molecule has 0 unspecified atom stereocenters. The summed E-state index contributed by atoms with van der Waals surface area (Å²) in [4.78, 5) is 8.64. The monoisotopic (exact) mass is 291 g/mol. The van der Waals surface area contributed by atoms with Crippen molar-refractivity contribution < 1.29 is 4.74 Å². The van der Waals surface area contributed by atoms with Gasteiger partial charge < -0.3 is 10.1 Å². The zero-order valence-electron chi connectivity index (χ0n) is 12.1. The van der Waals surface area contributed by atoms with E-state index in [1.165, 1.54) is 0 Å². The van der Waals surface area contributed by atoms with Crippen molar-refractivity contribution in [2.45, 2.75) is 27.3 Å². The Morgan fingerprint density at radius 1 is 1.20 bits per heavy atom. The summed E-state index contributed by atoms with van der Waals surface area (Å²) in [5.41, 5.74) is 3.91. The molecule has 0 radical (unpaired) electrons. The van der Waals surface area contributed by atoms with Crippen LogP contribution in [0.15, 0.2) is 18.3 Å². The van der Waals surface area contributed by atoms with Crippen molar-refractivity contribution in [3.8, 4) is 11.8 Å². The first-order chi connectivity index (χ1) is 9.51. The molecule has 0 aliphatic carbocycles. The highest BCUT2D eigenvalue weighted by molar-refractivity contribution is 6.30. The Balaban J connectivity index is 2.29. The van der Waals surface area contributed by atoms with Crippen molar-refractivity contribution in [3.05, 3.63) is 45.7 Å². The van der Waals surface area contributed by atoms with Crippen LogP contribution < -0.4 is 10.1 Å². The lowest BCUT2D eigenvalue weighted by Crippen LogP contribution is -2.08. The molecule has 0 aliphatic heterocycles. The molecule has 4 nitrogen and oxygen atoms in total. The van der Waals surface area contributed by atoms with E-state index in [9.17, 15) is 0 Å². The van der Waals surface area contributed by atoms with Crippen LogP contribution in [0.3, 0.4) is 0 Å². The van der Waals surface area contributed by atoms with Crippen LogP contribution >= 0.6 is 11.6 Å². The number of nitrogens with one attached hydrogen (secondary N) is 1. The first-order valence-electron chi connectivity index (χ1n) is 6.43. The van der Waals surface area contributed by atoms with Crippen LogP contribution in [-0.4, -0.2) is 17.0 Å². The molecule has 1 N–H and O–H groups in total. The van der Waals surface area contributed by atoms with Gasteiger partial charge in [-0.25, -0.2) is 4.98 Å². The topological polar surface area (TPSA) is 47.0 Å². The van der Waals surface area contributed by atoms with Gasteiger partial charge in [-0.3, -0.25) is 0 Å². The van der Waals surface area contributed by atoms with Gasteiger partial charge >= 0.3 is 6.01 Å². The number of nitrogens with zero attached hydrogens (tertiary/aromatic N) is 2. The number of halogens is 1. The summed E-state index contributed by atoms with van der Waals surface area (Å²) in [6, 6.07) is 4.09. The summed E-state index contributed by atoms with van der Waals surface area (Å²) in [5.74, 6) is 0.759. The van der Waals surface area contributed by atoms with Crippen LogP contribution in [0.2, 0.25) is 5.02 Å². The average Bonchev–Trinajstić information content (AvgIpc) is 2.37. The van der Waals surface area contributed by atoms with Gasteiger partial charge in [0, 0.05) is 29.0 Å². The smallest absolute Gasteiger partial charge is 0.322 e. The predicted molar refractivity (Wildman–Crippen MR) is 80.5 cm³/mol. The molecule has 1 aromatic heterocycles. The Kier molecular flexibility index (Phi) is 4.57. The molecular weight excluding hydrogens is 274 g/mol. The van der Waals surface area contributed by atoms with Crippen molar-refractivity contribution in [2.75, 3.05) is 7.05 Å². The predicted octanol–water partition coefficient (Wildman–Crippen LogP) is 3.57. The lowest BCUT2D eigenvalue weighted by molar-refractivity contribution is 0.433. The van der Waals surface area contributed by atoms with Gasteiger partial charge in [0.15, 0.2) is 0 Å². The van der Waals surface area contributed by atoms with E-state index in [1.807, 2.05) is 40.0 Å². The summed E-state index contributed by atoms with van der Waals surface area (Å²) in [7, 11) is 1.89. The van der Waals surface area contributed by atoms with Gasteiger partial charge in [-0.15, -0.1) is 0 Å². The van der Waals surface area contributed by atoms with E-state index in [1.54, 1.807) is 6.20 Å². The Morgan fingerprint density at radius 2 is 1.85 bits per heavy atom. The summed E-state index contributed by atoms with van der Waals surface area (Å²) in [6.07, 6.45) is 1.79. The van der Waals surface area contributed by atoms with Gasteiger partial charge in [-0.1, -0.05) is 11.6 Å². The molecule has 0 spiro atoms. The number of aromatic nitrogens is 2. The van der Waals surface area contributed by atoms with Crippen molar-refractivity contribution in [3.63, 3.8) is 0 Å². The van der Waals surface area contributed by atoms with Crippen LogP contribution in [0.25, 0.3) is 0 Å². The Labute approximate surface area is 124 Å². The van der Waals surface area contributed by atoms with E-state index in [-0.39, 0.29) is 0 Å². The number of hydrogen-bond acceptors (Lipinski definition) is 4. The fraction of sp³-hybridized carbons (Fsp3) is 0.333. The van der Waals surface area contributed by atoms with Crippen molar-refractivity contribution in [1.29, 1.82) is 0 Å². The fourth-order valence-electron chi connectivity index (χ4n) is 2.03. The lowest BCUT2D eigenvalue weighted by Gasteiger charge is -2.12. The summed E-state index contributed by atoms with van der Waals surface area (Å²) in [5, 5.41) is 3.79. The fourth-order valence-corrected chi connectivity index (χ4v) is 2.36. The summed E-state index contributed by atoms with van der Waals surface area (Å²) < 4.78 is 5.81. The second kappa shape index (κ2) is 6.20. The first-order valence-corrected chi connectivity index (χ1v) is 6.80. The maximum Gasteiger partial charge on any atom is 0.322 e. The third-order valence-corrected chi connectivity index (χ3v) is 3.26. The van der Waals surface area contributed by atoms with Crippen molar-refractivity contribution in [1.82, 2.24) is 15.3 Å². The van der Waals surface area contributed by atoms with Gasteiger partial charge in [-0.05, 0) is 51.1 Å². The van der Waals surface area contributed by atoms with Gasteiger partial charge in [0.1, 0.15) is 5.75 Å². The van der Waals surface area contributed by atoms with E-state index in [4.69, 9.17) is 16.3 Å². The minimum Gasteiger partial charge on any atom is -0.424 e. The SMILES string of the molecule is CNCc1cnc(Oc2c(C)cc(Cl)cc2C)nc1C. The standard InChI is InChI=1S/C15H18ClN3O/c1-9-5-13(16)6-10(2)14(9)20-15-18-8-12(7-17-4)11(3)19-15/h5-6,8,17H,7H2,1-4H3. The third-order valence-electron chi connectivity index (χ3n) is 3.04. The molecule has 1 heterocycles. The molecule has 0 saturated heterocycles. The van der Waals surface area contributed by atoms with E-state index >= 15 is 0 Å². The molecule has 20 heavy (non-hydrogen) atoms. The minimum atomic E-state index is 0.357. The van der Waals surface area contributed by atoms with Crippen LogP contribution in [0.1, 0.15) is 22.4 Å². The number of ether oxygens (including phenoxy) is 1. The Bertz CT molecular complexity index is 606. The number of hydrogen-bond donors (Lipinski definition) is 1. The number of aryl methyl sites for hydroxylation is 3. The van der Waals surface area contributed by atoms with Gasteiger partial charge in [-0.2, -0.15) is 4.98 Å². The zero-order valence-corrected chi connectivity index (χ0v) is 12.9. The van der Waals surface area contributed by atoms with Crippen LogP contribution in [0.4, 0.5) is 0 Å². The molecule has 2 aromatic rings. The number of rotatable bonds is 4. The molecule has 0 fully saturated rings. The average molecular weight is 292 g/mol.